The zero-order valence-electron chi connectivity index (χ0n) is 23.6. The summed E-state index contributed by atoms with van der Waals surface area (Å²) in [6.45, 7) is 13.4. The smallest absolute Gasteiger partial charge is 0.411 e. The molecule has 9 heteroatoms. The second-order valence-corrected chi connectivity index (χ2v) is 12.6. The van der Waals surface area contributed by atoms with Crippen molar-refractivity contribution in [1.82, 2.24) is 9.62 Å². The lowest BCUT2D eigenvalue weighted by molar-refractivity contribution is -0.120. The van der Waals surface area contributed by atoms with E-state index in [-0.39, 0.29) is 23.8 Å². The first-order chi connectivity index (χ1) is 17.8. The highest BCUT2D eigenvalue weighted by molar-refractivity contribution is 7.89. The number of likely N-dealkylation sites (tertiary alicyclic amines) is 1. The number of sulfonamides is 1. The summed E-state index contributed by atoms with van der Waals surface area (Å²) in [5.41, 5.74) is 4.23. The van der Waals surface area contributed by atoms with Crippen LogP contribution in [0.5, 0.6) is 0 Å². The van der Waals surface area contributed by atoms with Gasteiger partial charge in [-0.3, -0.25) is 9.69 Å². The molecular weight excluding hydrogens is 502 g/mol. The van der Waals surface area contributed by atoms with Crippen LogP contribution in [-0.4, -0.2) is 49.5 Å². The molecule has 0 saturated carbocycles. The number of hydrogen-bond acceptors (Lipinski definition) is 5. The zero-order chi connectivity index (χ0) is 28.3. The van der Waals surface area contributed by atoms with Gasteiger partial charge in [-0.05, 0) is 82.2 Å². The van der Waals surface area contributed by atoms with Gasteiger partial charge in [-0.2, -0.15) is 0 Å². The van der Waals surface area contributed by atoms with Crippen molar-refractivity contribution in [2.24, 2.45) is 0 Å². The van der Waals surface area contributed by atoms with Crippen molar-refractivity contribution in [3.05, 3.63) is 58.7 Å². The maximum Gasteiger partial charge on any atom is 0.411 e. The van der Waals surface area contributed by atoms with Crippen molar-refractivity contribution in [3.63, 3.8) is 0 Å². The molecule has 0 spiro atoms. The first-order valence-corrected chi connectivity index (χ1v) is 14.8. The number of carbonyl (C=O) groups is 2. The molecule has 3 rings (SSSR count). The van der Waals surface area contributed by atoms with Gasteiger partial charge < -0.3 is 10.1 Å². The van der Waals surface area contributed by atoms with Crippen molar-refractivity contribution < 1.29 is 22.7 Å². The van der Waals surface area contributed by atoms with Crippen LogP contribution in [0, 0.1) is 6.92 Å². The van der Waals surface area contributed by atoms with Crippen LogP contribution in [0.4, 0.5) is 10.5 Å². The first-order valence-electron chi connectivity index (χ1n) is 13.3. The summed E-state index contributed by atoms with van der Waals surface area (Å²) in [5.74, 6) is -0.360. The average molecular weight is 544 g/mol. The van der Waals surface area contributed by atoms with Gasteiger partial charge in [-0.15, -0.1) is 0 Å². The maximum atomic E-state index is 13.7. The molecule has 1 heterocycles. The van der Waals surface area contributed by atoms with Crippen LogP contribution in [0.15, 0.2) is 41.3 Å². The number of rotatable bonds is 8. The summed E-state index contributed by atoms with van der Waals surface area (Å²) >= 11 is 0. The van der Waals surface area contributed by atoms with Crippen molar-refractivity contribution in [3.8, 4) is 0 Å². The quantitative estimate of drug-likeness (QED) is 0.489. The summed E-state index contributed by atoms with van der Waals surface area (Å²) in [5, 5.41) is 3.08. The predicted octanol–water partition coefficient (Wildman–Crippen LogP) is 4.98. The monoisotopic (exact) mass is 543 g/mol. The third-order valence-corrected chi connectivity index (χ3v) is 8.20. The highest BCUT2D eigenvalue weighted by atomic mass is 32.2. The maximum absolute atomic E-state index is 13.7. The second-order valence-electron chi connectivity index (χ2n) is 10.9. The van der Waals surface area contributed by atoms with E-state index < -0.39 is 33.8 Å². The molecule has 0 aromatic heterocycles. The van der Waals surface area contributed by atoms with Crippen molar-refractivity contribution in [2.75, 3.05) is 11.9 Å². The number of ether oxygens (including phenoxy) is 1. The van der Waals surface area contributed by atoms with Crippen LogP contribution in [0.1, 0.15) is 70.2 Å². The number of nitrogens with one attached hydrogen (secondary N) is 2. The van der Waals surface area contributed by atoms with Gasteiger partial charge >= 0.3 is 6.09 Å². The second kappa shape index (κ2) is 11.9. The van der Waals surface area contributed by atoms with Crippen LogP contribution in [0.25, 0.3) is 0 Å². The number of hydrogen-bond donors (Lipinski definition) is 2. The Morgan fingerprint density at radius 1 is 1.00 bits per heavy atom. The largest absolute Gasteiger partial charge is 0.444 e. The SMILES string of the molecule is CCc1cc(CC)c(NC(=O)[C@@H]2C[C@H](NS(=O)(=O)c3ccc(C)cc3)CN2C(=O)OC(C)(C)C)c(CC)c1. The fourth-order valence-electron chi connectivity index (χ4n) is 4.67. The minimum Gasteiger partial charge on any atom is -0.444 e. The molecule has 1 aliphatic rings. The van der Waals surface area contributed by atoms with E-state index in [9.17, 15) is 18.0 Å². The molecule has 2 aromatic carbocycles. The molecule has 2 atom stereocenters. The Bertz CT molecular complexity index is 1240. The average Bonchev–Trinajstić information content (AvgIpc) is 3.26. The lowest BCUT2D eigenvalue weighted by Gasteiger charge is -2.28. The van der Waals surface area contributed by atoms with Gasteiger partial charge in [-0.25, -0.2) is 17.9 Å². The summed E-state index contributed by atoms with van der Waals surface area (Å²) < 4.78 is 34.4. The number of benzene rings is 2. The molecule has 2 aromatic rings. The fourth-order valence-corrected chi connectivity index (χ4v) is 5.91. The van der Waals surface area contributed by atoms with Gasteiger partial charge in [-0.1, -0.05) is 50.6 Å². The third kappa shape index (κ3) is 7.14. The number of nitrogens with zero attached hydrogens (tertiary/aromatic N) is 1. The van der Waals surface area contributed by atoms with Gasteiger partial charge in [0.2, 0.25) is 15.9 Å². The Balaban J connectivity index is 1.89. The Morgan fingerprint density at radius 2 is 1.58 bits per heavy atom. The summed E-state index contributed by atoms with van der Waals surface area (Å²) in [6.07, 6.45) is 1.87. The Morgan fingerprint density at radius 3 is 2.08 bits per heavy atom. The standard InChI is InChI=1S/C29H41N3O5S/c1-8-20-15-21(9-2)26(22(10-3)16-20)30-27(33)25-17-23(18-32(25)28(34)37-29(5,6)7)31-38(35,36)24-13-11-19(4)12-14-24/h11-16,23,25,31H,8-10,17-18H2,1-7H3,(H,30,33)/t23-,25-/m0/s1. The molecule has 0 unspecified atom stereocenters. The number of aryl methyl sites for hydroxylation is 4. The molecule has 8 nitrogen and oxygen atoms in total. The van der Waals surface area contributed by atoms with Crippen LogP contribution in [0.3, 0.4) is 0 Å². The Hall–Kier alpha value is -2.91. The van der Waals surface area contributed by atoms with E-state index in [0.717, 1.165) is 41.6 Å². The lowest BCUT2D eigenvalue weighted by Crippen LogP contribution is -2.46. The summed E-state index contributed by atoms with van der Waals surface area (Å²) in [4.78, 5) is 28.3. The highest BCUT2D eigenvalue weighted by Crippen LogP contribution is 2.29. The molecule has 38 heavy (non-hydrogen) atoms. The van der Waals surface area contributed by atoms with E-state index in [1.165, 1.54) is 10.5 Å². The van der Waals surface area contributed by atoms with E-state index in [1.54, 1.807) is 45.0 Å². The van der Waals surface area contributed by atoms with E-state index in [2.05, 4.69) is 29.1 Å². The van der Waals surface area contributed by atoms with Gasteiger partial charge in [0, 0.05) is 18.3 Å². The van der Waals surface area contributed by atoms with Crippen molar-refractivity contribution in [1.29, 1.82) is 0 Å². The first kappa shape index (κ1) is 29.6. The molecule has 0 radical (unpaired) electrons. The predicted molar refractivity (Wildman–Crippen MR) is 150 cm³/mol. The normalized spacial score (nSPS) is 17.9. The van der Waals surface area contributed by atoms with Gasteiger partial charge in [0.25, 0.3) is 0 Å². The number of amides is 2. The van der Waals surface area contributed by atoms with Gasteiger partial charge in [0.1, 0.15) is 11.6 Å². The molecule has 2 N–H and O–H groups in total. The van der Waals surface area contributed by atoms with E-state index >= 15 is 0 Å². The summed E-state index contributed by atoms with van der Waals surface area (Å²) in [7, 11) is -3.84. The molecule has 0 bridgehead atoms. The lowest BCUT2D eigenvalue weighted by atomic mass is 9.97. The molecule has 1 saturated heterocycles. The van der Waals surface area contributed by atoms with Gasteiger partial charge in [0.15, 0.2) is 0 Å². The molecule has 208 valence electrons. The summed E-state index contributed by atoms with van der Waals surface area (Å²) in [6, 6.07) is 9.21. The Kier molecular flexibility index (Phi) is 9.26. The highest BCUT2D eigenvalue weighted by Gasteiger charge is 2.43. The molecular formula is C29H41N3O5S. The third-order valence-electron chi connectivity index (χ3n) is 6.66. The van der Waals surface area contributed by atoms with E-state index in [0.29, 0.717) is 0 Å². The van der Waals surface area contributed by atoms with E-state index in [1.807, 2.05) is 20.8 Å². The van der Waals surface area contributed by atoms with Crippen LogP contribution in [0.2, 0.25) is 0 Å². The number of anilines is 1. The molecule has 2 amide bonds. The topological polar surface area (TPSA) is 105 Å². The zero-order valence-corrected chi connectivity index (χ0v) is 24.4. The minimum atomic E-state index is -3.84. The van der Waals surface area contributed by atoms with Crippen molar-refractivity contribution >= 4 is 27.7 Å². The van der Waals surface area contributed by atoms with Crippen LogP contribution in [-0.2, 0) is 38.8 Å². The number of carbonyl (C=O) groups excluding carboxylic acids is 2. The Labute approximate surface area is 227 Å². The molecule has 0 aliphatic carbocycles. The van der Waals surface area contributed by atoms with Crippen LogP contribution < -0.4 is 10.0 Å². The van der Waals surface area contributed by atoms with Crippen LogP contribution >= 0.6 is 0 Å². The fraction of sp³-hybridized carbons (Fsp3) is 0.517. The molecule has 1 aliphatic heterocycles. The minimum absolute atomic E-state index is 0.0220. The van der Waals surface area contributed by atoms with Gasteiger partial charge in [0.05, 0.1) is 4.90 Å². The van der Waals surface area contributed by atoms with E-state index in [4.69, 9.17) is 4.74 Å². The molecule has 1 fully saturated rings. The van der Waals surface area contributed by atoms with Crippen molar-refractivity contribution in [2.45, 2.75) is 96.7 Å².